The average molecular weight is 589 g/mol. The van der Waals surface area contributed by atoms with Crippen LogP contribution in [0.5, 0.6) is 11.5 Å². The number of rotatable bonds is 11. The van der Waals surface area contributed by atoms with Crippen LogP contribution in [-0.2, 0) is 24.2 Å². The van der Waals surface area contributed by atoms with Crippen molar-refractivity contribution in [2.45, 2.75) is 33.2 Å². The van der Waals surface area contributed by atoms with E-state index >= 15 is 0 Å². The molecule has 1 amide bonds. The summed E-state index contributed by atoms with van der Waals surface area (Å²) < 4.78 is 12.7. The second-order valence-corrected chi connectivity index (χ2v) is 11.0. The number of hydrogen-bond donors (Lipinski definition) is 1. The van der Waals surface area contributed by atoms with Crippen molar-refractivity contribution in [1.82, 2.24) is 9.47 Å². The Bertz CT molecular complexity index is 1590. The monoisotopic (exact) mass is 588 g/mol. The number of aromatic nitrogens is 1. The minimum atomic E-state index is -0.352. The third-order valence-electron chi connectivity index (χ3n) is 6.96. The summed E-state index contributed by atoms with van der Waals surface area (Å²) in [4.78, 5) is 28.7. The normalized spacial score (nSPS) is 13.9. The van der Waals surface area contributed by atoms with E-state index in [2.05, 4.69) is 11.4 Å². The SMILES string of the molecule is CCn1c(NCCc2ccccc2)c(/C=C2/SC(=S)N(CCc3ccc(OC)c(OC)c3)C2=O)c(C)c(C#N)c1=O. The zero-order chi connectivity index (χ0) is 29.5. The highest BCUT2D eigenvalue weighted by Gasteiger charge is 2.32. The second-order valence-electron chi connectivity index (χ2n) is 9.36. The molecule has 212 valence electrons. The fraction of sp³-hybridized carbons (Fsp3) is 0.290. The van der Waals surface area contributed by atoms with E-state index in [9.17, 15) is 14.9 Å². The van der Waals surface area contributed by atoms with Gasteiger partial charge >= 0.3 is 0 Å². The first-order valence-electron chi connectivity index (χ1n) is 13.2. The summed E-state index contributed by atoms with van der Waals surface area (Å²) in [5.41, 5.74) is 3.02. The highest BCUT2D eigenvalue weighted by molar-refractivity contribution is 8.26. The fourth-order valence-corrected chi connectivity index (χ4v) is 6.02. The van der Waals surface area contributed by atoms with Gasteiger partial charge in [-0.25, -0.2) is 0 Å². The maximum atomic E-state index is 13.5. The zero-order valence-electron chi connectivity index (χ0n) is 23.5. The standard InChI is InChI=1S/C31H32N4O4S2/c1-5-34-28(33-15-13-21-9-7-6-8-10-21)23(20(2)24(19-32)29(34)36)18-27-30(37)35(31(40)41-27)16-14-22-11-12-25(38-3)26(17-22)39-4/h6-12,17-18,33H,5,13-16H2,1-4H3/b27-18+. The van der Waals surface area contributed by atoms with Crippen molar-refractivity contribution in [2.75, 3.05) is 32.6 Å². The minimum absolute atomic E-state index is 0.0654. The molecule has 0 saturated carbocycles. The molecule has 10 heteroatoms. The maximum Gasteiger partial charge on any atom is 0.270 e. The van der Waals surface area contributed by atoms with Gasteiger partial charge in [0.2, 0.25) is 0 Å². The lowest BCUT2D eigenvalue weighted by Crippen LogP contribution is -2.30. The average Bonchev–Trinajstić information content (AvgIpc) is 3.25. The van der Waals surface area contributed by atoms with Gasteiger partial charge in [-0.05, 0) is 61.6 Å². The number of nitrogens with zero attached hydrogens (tertiary/aromatic N) is 3. The highest BCUT2D eigenvalue weighted by Crippen LogP contribution is 2.35. The van der Waals surface area contributed by atoms with Crippen LogP contribution in [0.2, 0.25) is 0 Å². The molecule has 1 fully saturated rings. The molecule has 0 atom stereocenters. The molecule has 1 aliphatic rings. The molecule has 2 heterocycles. The Kier molecular flexibility index (Phi) is 9.86. The van der Waals surface area contributed by atoms with Crippen LogP contribution in [0.3, 0.4) is 0 Å². The molecule has 8 nitrogen and oxygen atoms in total. The largest absolute Gasteiger partial charge is 0.493 e. The summed E-state index contributed by atoms with van der Waals surface area (Å²) in [6.45, 7) is 4.94. The molecule has 1 aliphatic heterocycles. The van der Waals surface area contributed by atoms with Crippen molar-refractivity contribution < 1.29 is 14.3 Å². The predicted molar refractivity (Wildman–Crippen MR) is 168 cm³/mol. The van der Waals surface area contributed by atoms with Crippen molar-refractivity contribution in [3.63, 3.8) is 0 Å². The number of carbonyl (C=O) groups excluding carboxylic acids is 1. The van der Waals surface area contributed by atoms with Crippen molar-refractivity contribution in [2.24, 2.45) is 0 Å². The van der Waals surface area contributed by atoms with E-state index in [1.807, 2.05) is 55.5 Å². The summed E-state index contributed by atoms with van der Waals surface area (Å²) in [5, 5.41) is 13.2. The summed E-state index contributed by atoms with van der Waals surface area (Å²) in [6, 6.07) is 17.8. The topological polar surface area (TPSA) is 96.6 Å². The molecule has 1 N–H and O–H groups in total. The van der Waals surface area contributed by atoms with Crippen LogP contribution in [0, 0.1) is 18.3 Å². The van der Waals surface area contributed by atoms with Crippen LogP contribution in [0.1, 0.15) is 34.7 Å². The molecule has 0 aliphatic carbocycles. The molecule has 3 aromatic rings. The van der Waals surface area contributed by atoms with Crippen LogP contribution >= 0.6 is 24.0 Å². The molecule has 4 rings (SSSR count). The lowest BCUT2D eigenvalue weighted by molar-refractivity contribution is -0.122. The Hall–Kier alpha value is -4.07. The van der Waals surface area contributed by atoms with Gasteiger partial charge in [-0.15, -0.1) is 0 Å². The molecule has 2 aromatic carbocycles. The van der Waals surface area contributed by atoms with Crippen LogP contribution in [0.25, 0.3) is 6.08 Å². The number of hydrogen-bond acceptors (Lipinski definition) is 8. The number of thioether (sulfide) groups is 1. The fourth-order valence-electron chi connectivity index (χ4n) is 4.73. The Morgan fingerprint density at radius 3 is 2.44 bits per heavy atom. The number of amides is 1. The molecule has 0 bridgehead atoms. The Labute approximate surface area is 249 Å². The molecule has 1 aromatic heterocycles. The van der Waals surface area contributed by atoms with Gasteiger partial charge < -0.3 is 14.8 Å². The number of benzene rings is 2. The third kappa shape index (κ3) is 6.47. The van der Waals surface area contributed by atoms with Gasteiger partial charge in [0.1, 0.15) is 21.8 Å². The lowest BCUT2D eigenvalue weighted by Gasteiger charge is -2.19. The lowest BCUT2D eigenvalue weighted by atomic mass is 10.0. The summed E-state index contributed by atoms with van der Waals surface area (Å²) in [5.74, 6) is 1.64. The Balaban J connectivity index is 1.62. The first kappa shape index (κ1) is 29.9. The highest BCUT2D eigenvalue weighted by atomic mass is 32.2. The number of nitrogens with one attached hydrogen (secondary N) is 1. The molecule has 1 saturated heterocycles. The summed E-state index contributed by atoms with van der Waals surface area (Å²) in [7, 11) is 3.17. The number of ether oxygens (including phenoxy) is 2. The quantitative estimate of drug-likeness (QED) is 0.242. The van der Waals surface area contributed by atoms with Gasteiger partial charge in [0.05, 0.1) is 19.1 Å². The van der Waals surface area contributed by atoms with Crippen molar-refractivity contribution in [3.8, 4) is 17.6 Å². The molecular formula is C31H32N4O4S2. The first-order chi connectivity index (χ1) is 19.8. The second kappa shape index (κ2) is 13.5. The van der Waals surface area contributed by atoms with Gasteiger partial charge in [-0.1, -0.05) is 60.4 Å². The number of thiocarbonyl (C=S) groups is 1. The van der Waals surface area contributed by atoms with E-state index in [0.29, 0.717) is 63.7 Å². The van der Waals surface area contributed by atoms with E-state index in [1.165, 1.54) is 11.8 Å². The summed E-state index contributed by atoms with van der Waals surface area (Å²) >= 11 is 6.80. The Morgan fingerprint density at radius 1 is 1.05 bits per heavy atom. The molecule has 0 radical (unpaired) electrons. The van der Waals surface area contributed by atoms with Crippen LogP contribution in [0.15, 0.2) is 58.2 Å². The molecule has 41 heavy (non-hydrogen) atoms. The number of anilines is 1. The Morgan fingerprint density at radius 2 is 1.78 bits per heavy atom. The maximum absolute atomic E-state index is 13.5. The minimum Gasteiger partial charge on any atom is -0.493 e. The van der Waals surface area contributed by atoms with Crippen LogP contribution in [-0.4, -0.2) is 47.0 Å². The van der Waals surface area contributed by atoms with Gasteiger partial charge in [0.25, 0.3) is 11.5 Å². The number of pyridine rings is 1. The van der Waals surface area contributed by atoms with Crippen LogP contribution in [0.4, 0.5) is 5.82 Å². The van der Waals surface area contributed by atoms with E-state index in [0.717, 1.165) is 17.5 Å². The first-order valence-corrected chi connectivity index (χ1v) is 14.5. The number of carbonyl (C=O) groups is 1. The van der Waals surface area contributed by atoms with Crippen molar-refractivity contribution in [3.05, 3.63) is 91.6 Å². The molecular weight excluding hydrogens is 556 g/mol. The van der Waals surface area contributed by atoms with Gasteiger partial charge in [0, 0.05) is 25.2 Å². The molecule has 0 unspecified atom stereocenters. The third-order valence-corrected chi connectivity index (χ3v) is 8.34. The molecule has 0 spiro atoms. The summed E-state index contributed by atoms with van der Waals surface area (Å²) in [6.07, 6.45) is 3.07. The smallest absolute Gasteiger partial charge is 0.270 e. The van der Waals surface area contributed by atoms with E-state index < -0.39 is 0 Å². The number of methoxy groups -OCH3 is 2. The van der Waals surface area contributed by atoms with Gasteiger partial charge in [-0.2, -0.15) is 5.26 Å². The van der Waals surface area contributed by atoms with E-state index in [-0.39, 0.29) is 17.0 Å². The van der Waals surface area contributed by atoms with Crippen LogP contribution < -0.4 is 20.3 Å². The van der Waals surface area contributed by atoms with E-state index in [4.69, 9.17) is 21.7 Å². The van der Waals surface area contributed by atoms with Gasteiger partial charge in [0.15, 0.2) is 11.5 Å². The zero-order valence-corrected chi connectivity index (χ0v) is 25.2. The number of nitriles is 1. The predicted octanol–water partition coefficient (Wildman–Crippen LogP) is 5.16. The van der Waals surface area contributed by atoms with Gasteiger partial charge in [-0.3, -0.25) is 19.1 Å². The van der Waals surface area contributed by atoms with Crippen molar-refractivity contribution in [1.29, 1.82) is 5.26 Å². The van der Waals surface area contributed by atoms with E-state index in [1.54, 1.807) is 36.7 Å². The van der Waals surface area contributed by atoms with Crippen molar-refractivity contribution >= 4 is 46.1 Å².